The topological polar surface area (TPSA) is 53.9 Å². The number of likely N-dealkylation sites (tertiary alicyclic amines) is 1. The van der Waals surface area contributed by atoms with Crippen molar-refractivity contribution < 1.29 is 9.53 Å². The molecule has 2 aliphatic heterocycles. The Morgan fingerprint density at radius 1 is 1.56 bits per heavy atom. The fourth-order valence-corrected chi connectivity index (χ4v) is 2.02. The number of nitrogens with one attached hydrogen (secondary N) is 1. The van der Waals surface area contributed by atoms with Crippen molar-refractivity contribution in [1.82, 2.24) is 10.3 Å². The van der Waals surface area contributed by atoms with Crippen molar-refractivity contribution in [3.05, 3.63) is 0 Å². The highest BCUT2D eigenvalue weighted by atomic mass is 16.6. The van der Waals surface area contributed by atoms with Crippen molar-refractivity contribution in [2.75, 3.05) is 13.1 Å². The number of rotatable bonds is 0. The zero-order chi connectivity index (χ0) is 11.8. The molecule has 0 aromatic rings. The Bertz CT molecular complexity index is 309. The quantitative estimate of drug-likeness (QED) is 0.674. The molecule has 1 saturated heterocycles. The van der Waals surface area contributed by atoms with Gasteiger partial charge in [-0.15, -0.1) is 0 Å². The first-order valence-corrected chi connectivity index (χ1v) is 5.72. The minimum absolute atomic E-state index is 0.216. The predicted molar refractivity (Wildman–Crippen MR) is 61.3 cm³/mol. The second-order valence-electron chi connectivity index (χ2n) is 5.39. The normalized spacial score (nSPS) is 28.6. The van der Waals surface area contributed by atoms with E-state index in [2.05, 4.69) is 10.5 Å². The number of fused-ring (bicyclic) bond motifs is 1. The number of carbonyl (C=O) groups excluding carboxylic acids is 1. The molecule has 0 spiro atoms. The summed E-state index contributed by atoms with van der Waals surface area (Å²) in [5.74, 6) is 0.335. The molecule has 2 atom stereocenters. The fraction of sp³-hybridized carbons (Fsp3) is 0.818. The van der Waals surface area contributed by atoms with E-state index in [0.29, 0.717) is 18.5 Å². The minimum Gasteiger partial charge on any atom is -0.444 e. The van der Waals surface area contributed by atoms with Crippen LogP contribution < -0.4 is 5.43 Å². The van der Waals surface area contributed by atoms with Crippen LogP contribution in [0.4, 0.5) is 4.79 Å². The number of ether oxygens (including phenoxy) is 1. The van der Waals surface area contributed by atoms with E-state index in [1.807, 2.05) is 27.0 Å². The van der Waals surface area contributed by atoms with E-state index in [1.165, 1.54) is 0 Å². The third-order valence-electron chi connectivity index (χ3n) is 2.82. The van der Waals surface area contributed by atoms with Crippen LogP contribution in [-0.2, 0) is 4.74 Å². The molecule has 2 rings (SSSR count). The molecule has 1 N–H and O–H groups in total. The van der Waals surface area contributed by atoms with Gasteiger partial charge in [0.15, 0.2) is 0 Å². The van der Waals surface area contributed by atoms with Crippen LogP contribution in [0.3, 0.4) is 0 Å². The Morgan fingerprint density at radius 3 is 3.00 bits per heavy atom. The second kappa shape index (κ2) is 3.96. The molecule has 16 heavy (non-hydrogen) atoms. The summed E-state index contributed by atoms with van der Waals surface area (Å²) < 4.78 is 5.35. The van der Waals surface area contributed by atoms with E-state index in [9.17, 15) is 4.79 Å². The Balaban J connectivity index is 1.91. The van der Waals surface area contributed by atoms with Crippen molar-refractivity contribution in [3.63, 3.8) is 0 Å². The largest absolute Gasteiger partial charge is 0.444 e. The standard InChI is InChI=1S/C11H19N3O2/c1-11(2,3)16-10(15)14-5-4-9-8(7-14)6-12-13-9/h6,8-9,13H,4-5,7H2,1-3H3. The van der Waals surface area contributed by atoms with Gasteiger partial charge in [-0.1, -0.05) is 0 Å². The van der Waals surface area contributed by atoms with Crippen LogP contribution in [0.1, 0.15) is 27.2 Å². The maximum Gasteiger partial charge on any atom is 0.410 e. The highest BCUT2D eigenvalue weighted by molar-refractivity contribution is 5.71. The predicted octanol–water partition coefficient (Wildman–Crippen LogP) is 1.20. The molecule has 2 heterocycles. The summed E-state index contributed by atoms with van der Waals surface area (Å²) in [6.45, 7) is 7.10. The summed E-state index contributed by atoms with van der Waals surface area (Å²) >= 11 is 0. The van der Waals surface area contributed by atoms with E-state index in [-0.39, 0.29) is 6.09 Å². The Labute approximate surface area is 95.8 Å². The summed E-state index contributed by atoms with van der Waals surface area (Å²) in [4.78, 5) is 13.6. The monoisotopic (exact) mass is 225 g/mol. The molecule has 0 bridgehead atoms. The lowest BCUT2D eigenvalue weighted by Crippen LogP contribution is -2.49. The lowest BCUT2D eigenvalue weighted by molar-refractivity contribution is 0.0179. The van der Waals surface area contributed by atoms with E-state index in [0.717, 1.165) is 13.0 Å². The van der Waals surface area contributed by atoms with Gasteiger partial charge in [0, 0.05) is 25.2 Å². The molecule has 0 radical (unpaired) electrons. The van der Waals surface area contributed by atoms with Crippen LogP contribution in [0.15, 0.2) is 5.10 Å². The third kappa shape index (κ3) is 2.46. The SMILES string of the molecule is CC(C)(C)OC(=O)N1CCC2NN=CC2C1. The third-order valence-corrected chi connectivity index (χ3v) is 2.82. The second-order valence-corrected chi connectivity index (χ2v) is 5.39. The Hall–Kier alpha value is -1.26. The lowest BCUT2D eigenvalue weighted by atomic mass is 9.95. The first-order valence-electron chi connectivity index (χ1n) is 5.72. The van der Waals surface area contributed by atoms with Crippen LogP contribution in [-0.4, -0.2) is 41.9 Å². The van der Waals surface area contributed by atoms with Crippen LogP contribution in [0.5, 0.6) is 0 Å². The van der Waals surface area contributed by atoms with E-state index in [1.54, 1.807) is 4.90 Å². The Morgan fingerprint density at radius 2 is 2.31 bits per heavy atom. The summed E-state index contributed by atoms with van der Waals surface area (Å²) in [6, 6.07) is 0.402. The molecule has 0 aromatic carbocycles. The number of piperidine rings is 1. The van der Waals surface area contributed by atoms with Gasteiger partial charge in [0.05, 0.1) is 6.04 Å². The van der Waals surface area contributed by atoms with Crippen molar-refractivity contribution in [3.8, 4) is 0 Å². The number of nitrogens with zero attached hydrogens (tertiary/aromatic N) is 2. The van der Waals surface area contributed by atoms with Gasteiger partial charge in [0.1, 0.15) is 5.60 Å². The van der Waals surface area contributed by atoms with Gasteiger partial charge in [-0.25, -0.2) is 4.79 Å². The number of hydrogen-bond donors (Lipinski definition) is 1. The van der Waals surface area contributed by atoms with Crippen molar-refractivity contribution in [1.29, 1.82) is 0 Å². The smallest absolute Gasteiger partial charge is 0.410 e. The van der Waals surface area contributed by atoms with E-state index in [4.69, 9.17) is 4.74 Å². The van der Waals surface area contributed by atoms with Crippen molar-refractivity contribution >= 4 is 12.3 Å². The van der Waals surface area contributed by atoms with E-state index >= 15 is 0 Å². The molecule has 0 aliphatic carbocycles. The van der Waals surface area contributed by atoms with Gasteiger partial charge in [-0.05, 0) is 27.2 Å². The highest BCUT2D eigenvalue weighted by Crippen LogP contribution is 2.21. The zero-order valence-corrected chi connectivity index (χ0v) is 10.1. The van der Waals surface area contributed by atoms with Crippen molar-refractivity contribution in [2.45, 2.75) is 38.8 Å². The first kappa shape index (κ1) is 11.2. The summed E-state index contributed by atoms with van der Waals surface area (Å²) in [7, 11) is 0. The van der Waals surface area contributed by atoms with Gasteiger partial charge in [0.25, 0.3) is 0 Å². The maximum atomic E-state index is 11.8. The molecule has 90 valence electrons. The molecule has 2 unspecified atom stereocenters. The summed E-state index contributed by atoms with van der Waals surface area (Å²) in [6.07, 6.45) is 2.61. The highest BCUT2D eigenvalue weighted by Gasteiger charge is 2.34. The first-order chi connectivity index (χ1) is 7.46. The lowest BCUT2D eigenvalue weighted by Gasteiger charge is -2.34. The molecule has 2 aliphatic rings. The van der Waals surface area contributed by atoms with Gasteiger partial charge in [0.2, 0.25) is 0 Å². The van der Waals surface area contributed by atoms with Gasteiger partial charge in [-0.2, -0.15) is 5.10 Å². The maximum absolute atomic E-state index is 11.8. The van der Waals surface area contributed by atoms with E-state index < -0.39 is 5.60 Å². The van der Waals surface area contributed by atoms with Crippen LogP contribution >= 0.6 is 0 Å². The van der Waals surface area contributed by atoms with Crippen LogP contribution in [0.2, 0.25) is 0 Å². The molecule has 1 fully saturated rings. The van der Waals surface area contributed by atoms with Crippen molar-refractivity contribution in [2.24, 2.45) is 11.0 Å². The minimum atomic E-state index is -0.421. The molecule has 5 heteroatoms. The summed E-state index contributed by atoms with van der Waals surface area (Å²) in [5, 5.41) is 4.04. The molecule has 1 amide bonds. The van der Waals surface area contributed by atoms with Gasteiger partial charge >= 0.3 is 6.09 Å². The fourth-order valence-electron chi connectivity index (χ4n) is 2.02. The average Bonchev–Trinajstić information content (AvgIpc) is 2.61. The van der Waals surface area contributed by atoms with Gasteiger partial charge in [-0.3, -0.25) is 0 Å². The van der Waals surface area contributed by atoms with Gasteiger partial charge < -0.3 is 15.1 Å². The summed E-state index contributed by atoms with van der Waals surface area (Å²) in [5.41, 5.74) is 2.64. The Kier molecular flexibility index (Phi) is 2.78. The number of carbonyl (C=O) groups is 1. The van der Waals surface area contributed by atoms with Crippen LogP contribution in [0.25, 0.3) is 0 Å². The molecule has 0 saturated carbocycles. The molecular formula is C11H19N3O2. The molecule has 5 nitrogen and oxygen atoms in total. The zero-order valence-electron chi connectivity index (χ0n) is 10.1. The van der Waals surface area contributed by atoms with Crippen LogP contribution in [0, 0.1) is 5.92 Å². The average molecular weight is 225 g/mol. The number of hydrogen-bond acceptors (Lipinski definition) is 4. The molecule has 0 aromatic heterocycles. The number of amides is 1. The molecular weight excluding hydrogens is 206 g/mol. The number of hydrazone groups is 1.